The highest BCUT2D eigenvalue weighted by molar-refractivity contribution is 5.77. The summed E-state index contributed by atoms with van der Waals surface area (Å²) in [6.07, 6.45) is 6.91. The third-order valence-electron chi connectivity index (χ3n) is 4.52. The Labute approximate surface area is 136 Å². The van der Waals surface area contributed by atoms with Gasteiger partial charge >= 0.3 is 0 Å². The summed E-state index contributed by atoms with van der Waals surface area (Å²) < 4.78 is 1.83. The van der Waals surface area contributed by atoms with E-state index >= 15 is 0 Å². The molecule has 1 N–H and O–H groups in total. The van der Waals surface area contributed by atoms with Crippen LogP contribution in [0.5, 0.6) is 0 Å². The summed E-state index contributed by atoms with van der Waals surface area (Å²) in [7, 11) is 3.77. The molecule has 0 spiro atoms. The SMILES string of the molecule is CNc1cc([C@@H]2CCCN2C(=O)CCc2ccnn2C)ccn1. The summed E-state index contributed by atoms with van der Waals surface area (Å²) in [6.45, 7) is 0.839. The van der Waals surface area contributed by atoms with Crippen molar-refractivity contribution >= 4 is 11.7 Å². The van der Waals surface area contributed by atoms with E-state index in [-0.39, 0.29) is 11.9 Å². The zero-order chi connectivity index (χ0) is 16.2. The van der Waals surface area contributed by atoms with Crippen LogP contribution in [0.1, 0.15) is 36.6 Å². The van der Waals surface area contributed by atoms with Gasteiger partial charge in [0, 0.05) is 45.1 Å². The van der Waals surface area contributed by atoms with Crippen LogP contribution in [0.3, 0.4) is 0 Å². The molecule has 0 unspecified atom stereocenters. The molecule has 0 radical (unpaired) electrons. The van der Waals surface area contributed by atoms with Crippen LogP contribution >= 0.6 is 0 Å². The van der Waals surface area contributed by atoms with Crippen molar-refractivity contribution in [3.05, 3.63) is 41.9 Å². The highest BCUT2D eigenvalue weighted by Gasteiger charge is 2.29. The van der Waals surface area contributed by atoms with Crippen LogP contribution in [-0.2, 0) is 18.3 Å². The first-order valence-corrected chi connectivity index (χ1v) is 8.09. The molecular weight excluding hydrogens is 290 g/mol. The molecule has 1 fully saturated rings. The second-order valence-electron chi connectivity index (χ2n) is 5.92. The summed E-state index contributed by atoms with van der Waals surface area (Å²) in [5, 5.41) is 7.21. The molecule has 3 rings (SSSR count). The number of aromatic nitrogens is 3. The van der Waals surface area contributed by atoms with E-state index in [0.29, 0.717) is 6.42 Å². The van der Waals surface area contributed by atoms with Gasteiger partial charge in [-0.25, -0.2) is 4.98 Å². The van der Waals surface area contributed by atoms with Crippen LogP contribution in [0.25, 0.3) is 0 Å². The minimum Gasteiger partial charge on any atom is -0.373 e. The van der Waals surface area contributed by atoms with Crippen LogP contribution in [0.2, 0.25) is 0 Å². The van der Waals surface area contributed by atoms with E-state index in [1.165, 1.54) is 0 Å². The molecule has 2 aromatic heterocycles. The minimum absolute atomic E-state index is 0.170. The first-order chi connectivity index (χ1) is 11.2. The monoisotopic (exact) mass is 313 g/mol. The fourth-order valence-corrected chi connectivity index (χ4v) is 3.23. The van der Waals surface area contributed by atoms with E-state index in [0.717, 1.165) is 42.9 Å². The van der Waals surface area contributed by atoms with Gasteiger partial charge in [-0.2, -0.15) is 5.10 Å². The number of rotatable bonds is 5. The topological polar surface area (TPSA) is 63.1 Å². The van der Waals surface area contributed by atoms with Crippen molar-refractivity contribution in [3.63, 3.8) is 0 Å². The molecule has 1 aliphatic heterocycles. The summed E-state index contributed by atoms with van der Waals surface area (Å²) in [6, 6.07) is 6.19. The van der Waals surface area contributed by atoms with Gasteiger partial charge in [0.25, 0.3) is 0 Å². The Hall–Kier alpha value is -2.37. The minimum atomic E-state index is 0.170. The Balaban J connectivity index is 1.68. The number of amides is 1. The summed E-state index contributed by atoms with van der Waals surface area (Å²) in [4.78, 5) is 18.9. The molecule has 1 aliphatic rings. The second-order valence-corrected chi connectivity index (χ2v) is 5.92. The molecule has 0 aromatic carbocycles. The number of aryl methyl sites for hydroxylation is 2. The predicted molar refractivity (Wildman–Crippen MR) is 89.0 cm³/mol. The molecule has 6 nitrogen and oxygen atoms in total. The molecule has 23 heavy (non-hydrogen) atoms. The van der Waals surface area contributed by atoms with Crippen molar-refractivity contribution in [3.8, 4) is 0 Å². The zero-order valence-electron chi connectivity index (χ0n) is 13.7. The van der Waals surface area contributed by atoms with Gasteiger partial charge < -0.3 is 10.2 Å². The van der Waals surface area contributed by atoms with Crippen LogP contribution in [-0.4, -0.2) is 39.2 Å². The lowest BCUT2D eigenvalue weighted by atomic mass is 10.1. The van der Waals surface area contributed by atoms with Crippen LogP contribution in [0, 0.1) is 0 Å². The van der Waals surface area contributed by atoms with E-state index in [1.807, 2.05) is 41.9 Å². The maximum Gasteiger partial charge on any atom is 0.223 e. The average Bonchev–Trinajstić information content (AvgIpc) is 3.21. The Morgan fingerprint density at radius 1 is 1.39 bits per heavy atom. The van der Waals surface area contributed by atoms with Crippen LogP contribution in [0.4, 0.5) is 5.82 Å². The lowest BCUT2D eigenvalue weighted by Crippen LogP contribution is -2.30. The number of hydrogen-bond donors (Lipinski definition) is 1. The average molecular weight is 313 g/mol. The molecule has 1 saturated heterocycles. The third-order valence-corrected chi connectivity index (χ3v) is 4.52. The quantitative estimate of drug-likeness (QED) is 0.919. The van der Waals surface area contributed by atoms with Gasteiger partial charge in [0.2, 0.25) is 5.91 Å². The van der Waals surface area contributed by atoms with Crippen molar-refractivity contribution in [2.24, 2.45) is 7.05 Å². The summed E-state index contributed by atoms with van der Waals surface area (Å²) >= 11 is 0. The standard InChI is InChI=1S/C17H23N5O/c1-18-16-12-13(7-9-19-16)15-4-3-11-22(15)17(23)6-5-14-8-10-20-21(14)2/h7-10,12,15H,3-6,11H2,1-2H3,(H,18,19)/t15-/m0/s1. The van der Waals surface area contributed by atoms with Gasteiger partial charge in [-0.1, -0.05) is 0 Å². The van der Waals surface area contributed by atoms with Gasteiger partial charge in [0.1, 0.15) is 5.82 Å². The van der Waals surface area contributed by atoms with Crippen molar-refractivity contribution in [1.29, 1.82) is 0 Å². The van der Waals surface area contributed by atoms with Crippen LogP contribution < -0.4 is 5.32 Å². The number of likely N-dealkylation sites (tertiary alicyclic amines) is 1. The lowest BCUT2D eigenvalue weighted by molar-refractivity contribution is -0.132. The molecule has 3 heterocycles. The number of pyridine rings is 1. The number of nitrogens with one attached hydrogen (secondary N) is 1. The highest BCUT2D eigenvalue weighted by atomic mass is 16.2. The Morgan fingerprint density at radius 2 is 2.26 bits per heavy atom. The smallest absolute Gasteiger partial charge is 0.223 e. The maximum absolute atomic E-state index is 12.7. The number of hydrogen-bond acceptors (Lipinski definition) is 4. The molecule has 1 atom stereocenters. The molecular formula is C17H23N5O. The number of carbonyl (C=O) groups is 1. The highest BCUT2D eigenvalue weighted by Crippen LogP contribution is 2.33. The maximum atomic E-state index is 12.7. The van der Waals surface area contributed by atoms with Gasteiger partial charge in [-0.05, 0) is 43.0 Å². The second kappa shape index (κ2) is 6.81. The zero-order valence-corrected chi connectivity index (χ0v) is 13.7. The summed E-state index contributed by atoms with van der Waals surface area (Å²) in [5.41, 5.74) is 2.26. The molecule has 0 saturated carbocycles. The largest absolute Gasteiger partial charge is 0.373 e. The van der Waals surface area contributed by atoms with Crippen molar-refractivity contribution in [2.45, 2.75) is 31.7 Å². The Kier molecular flexibility index (Phi) is 4.60. The predicted octanol–water partition coefficient (Wildman–Crippen LogP) is 2.15. The number of nitrogens with zero attached hydrogens (tertiary/aromatic N) is 4. The van der Waals surface area contributed by atoms with E-state index in [4.69, 9.17) is 0 Å². The normalized spacial score (nSPS) is 17.5. The molecule has 122 valence electrons. The van der Waals surface area contributed by atoms with Crippen LogP contribution in [0.15, 0.2) is 30.6 Å². The molecule has 6 heteroatoms. The molecule has 1 amide bonds. The number of anilines is 1. The van der Waals surface area contributed by atoms with E-state index in [2.05, 4.69) is 15.4 Å². The molecule has 2 aromatic rings. The first kappa shape index (κ1) is 15.5. The van der Waals surface area contributed by atoms with E-state index in [9.17, 15) is 4.79 Å². The van der Waals surface area contributed by atoms with Crippen molar-refractivity contribution < 1.29 is 4.79 Å². The summed E-state index contributed by atoms with van der Waals surface area (Å²) in [5.74, 6) is 1.06. The molecule has 0 aliphatic carbocycles. The van der Waals surface area contributed by atoms with Crippen molar-refractivity contribution in [1.82, 2.24) is 19.7 Å². The van der Waals surface area contributed by atoms with Gasteiger partial charge in [-0.15, -0.1) is 0 Å². The van der Waals surface area contributed by atoms with Gasteiger partial charge in [0.05, 0.1) is 6.04 Å². The van der Waals surface area contributed by atoms with Gasteiger partial charge in [-0.3, -0.25) is 9.48 Å². The fraction of sp³-hybridized carbons (Fsp3) is 0.471. The molecule has 0 bridgehead atoms. The third kappa shape index (κ3) is 3.36. The van der Waals surface area contributed by atoms with E-state index in [1.54, 1.807) is 12.4 Å². The van der Waals surface area contributed by atoms with E-state index < -0.39 is 0 Å². The van der Waals surface area contributed by atoms with Crippen molar-refractivity contribution in [2.75, 3.05) is 18.9 Å². The fourth-order valence-electron chi connectivity index (χ4n) is 3.23. The number of carbonyl (C=O) groups excluding carboxylic acids is 1. The van der Waals surface area contributed by atoms with Gasteiger partial charge in [0.15, 0.2) is 0 Å². The first-order valence-electron chi connectivity index (χ1n) is 8.09. The Morgan fingerprint density at radius 3 is 3.00 bits per heavy atom. The Bertz CT molecular complexity index is 681. The lowest BCUT2D eigenvalue weighted by Gasteiger charge is -2.25.